The van der Waals surface area contributed by atoms with E-state index in [2.05, 4.69) is 23.9 Å². The molecule has 1 amide bonds. The molecule has 3 heterocycles. The number of amides is 1. The van der Waals surface area contributed by atoms with Gasteiger partial charge in [-0.15, -0.1) is 0 Å². The summed E-state index contributed by atoms with van der Waals surface area (Å²) in [5.74, 6) is 0.201. The predicted molar refractivity (Wildman–Crippen MR) is 92.1 cm³/mol. The van der Waals surface area contributed by atoms with Gasteiger partial charge in [0.2, 0.25) is 5.91 Å². The fourth-order valence-corrected chi connectivity index (χ4v) is 3.39. The Morgan fingerprint density at radius 2 is 2.17 bits per heavy atom. The van der Waals surface area contributed by atoms with Gasteiger partial charge in [0, 0.05) is 37.0 Å². The van der Waals surface area contributed by atoms with Crippen molar-refractivity contribution < 1.29 is 9.53 Å². The Hall–Kier alpha value is -1.95. The Morgan fingerprint density at radius 1 is 1.38 bits per heavy atom. The van der Waals surface area contributed by atoms with Crippen molar-refractivity contribution in [3.05, 3.63) is 28.7 Å². The number of aromatic nitrogens is 3. The van der Waals surface area contributed by atoms with Crippen LogP contribution in [0.15, 0.2) is 6.07 Å². The number of morpholine rings is 1. The molecule has 130 valence electrons. The van der Waals surface area contributed by atoms with Gasteiger partial charge >= 0.3 is 0 Å². The summed E-state index contributed by atoms with van der Waals surface area (Å²) in [4.78, 5) is 19.1. The third kappa shape index (κ3) is 3.29. The Morgan fingerprint density at radius 3 is 2.92 bits per heavy atom. The van der Waals surface area contributed by atoms with Crippen molar-refractivity contribution in [2.24, 2.45) is 0 Å². The maximum Gasteiger partial charge on any atom is 0.223 e. The zero-order valence-corrected chi connectivity index (χ0v) is 15.0. The van der Waals surface area contributed by atoms with Gasteiger partial charge in [-0.25, -0.2) is 9.50 Å². The molecule has 3 rings (SSSR count). The molecule has 1 fully saturated rings. The van der Waals surface area contributed by atoms with Crippen LogP contribution in [0.1, 0.15) is 42.4 Å². The molecule has 0 radical (unpaired) electrons. The minimum Gasteiger partial charge on any atom is -0.375 e. The summed E-state index contributed by atoms with van der Waals surface area (Å²) < 4.78 is 7.52. The molecule has 1 atom stereocenters. The number of carbonyl (C=O) groups is 1. The van der Waals surface area contributed by atoms with Crippen molar-refractivity contribution in [1.29, 1.82) is 0 Å². The summed E-state index contributed by atoms with van der Waals surface area (Å²) in [6.07, 6.45) is 2.33. The van der Waals surface area contributed by atoms with Crippen LogP contribution in [-0.2, 0) is 16.0 Å². The van der Waals surface area contributed by atoms with Crippen molar-refractivity contribution in [3.8, 4) is 0 Å². The van der Waals surface area contributed by atoms with Gasteiger partial charge in [-0.05, 0) is 39.2 Å². The average Bonchev–Trinajstić information content (AvgIpc) is 2.95. The lowest BCUT2D eigenvalue weighted by Gasteiger charge is -2.32. The van der Waals surface area contributed by atoms with Crippen molar-refractivity contribution in [3.63, 3.8) is 0 Å². The average molecular weight is 330 g/mol. The summed E-state index contributed by atoms with van der Waals surface area (Å²) in [5.41, 5.74) is 5.01. The van der Waals surface area contributed by atoms with Gasteiger partial charge in [0.25, 0.3) is 0 Å². The molecular weight excluding hydrogens is 304 g/mol. The number of fused-ring (bicyclic) bond motifs is 1. The Balaban J connectivity index is 1.72. The summed E-state index contributed by atoms with van der Waals surface area (Å²) >= 11 is 0. The van der Waals surface area contributed by atoms with Crippen molar-refractivity contribution in [2.45, 2.75) is 53.1 Å². The Bertz CT molecular complexity index is 753. The highest BCUT2D eigenvalue weighted by Crippen LogP contribution is 2.18. The van der Waals surface area contributed by atoms with Gasteiger partial charge in [-0.2, -0.15) is 5.10 Å². The standard InChI is InChI=1S/C18H26N4O2/c1-5-15-11-21(8-9-24-15)18(23)7-6-16-13(3)19-17-10-12(2)20-22(17)14(16)4/h10,15H,5-9,11H2,1-4H3. The van der Waals surface area contributed by atoms with Crippen molar-refractivity contribution in [2.75, 3.05) is 19.7 Å². The number of ether oxygens (including phenoxy) is 1. The Labute approximate surface area is 142 Å². The molecule has 0 N–H and O–H groups in total. The van der Waals surface area contributed by atoms with Gasteiger partial charge in [-0.3, -0.25) is 4.79 Å². The van der Waals surface area contributed by atoms with Gasteiger partial charge in [0.1, 0.15) is 0 Å². The molecule has 0 aliphatic carbocycles. The first-order chi connectivity index (χ1) is 11.5. The predicted octanol–water partition coefficient (Wildman–Crippen LogP) is 2.22. The third-order valence-corrected chi connectivity index (χ3v) is 4.82. The summed E-state index contributed by atoms with van der Waals surface area (Å²) in [6.45, 7) is 10.2. The fraction of sp³-hybridized carbons (Fsp3) is 0.611. The first-order valence-corrected chi connectivity index (χ1v) is 8.71. The lowest BCUT2D eigenvalue weighted by atomic mass is 10.1. The highest BCUT2D eigenvalue weighted by atomic mass is 16.5. The minimum atomic E-state index is 0.177. The largest absolute Gasteiger partial charge is 0.375 e. The number of aryl methyl sites for hydroxylation is 3. The molecule has 1 aliphatic heterocycles. The number of carbonyl (C=O) groups excluding carboxylic acids is 1. The normalized spacial score (nSPS) is 18.3. The summed E-state index contributed by atoms with van der Waals surface area (Å²) in [7, 11) is 0. The fourth-order valence-electron chi connectivity index (χ4n) is 3.39. The van der Waals surface area contributed by atoms with Gasteiger partial charge < -0.3 is 9.64 Å². The van der Waals surface area contributed by atoms with E-state index in [9.17, 15) is 4.79 Å². The van der Waals surface area contributed by atoms with E-state index in [0.717, 1.165) is 34.7 Å². The second-order valence-corrected chi connectivity index (χ2v) is 6.56. The number of hydrogen-bond donors (Lipinski definition) is 0. The molecule has 0 spiro atoms. The number of hydrogen-bond acceptors (Lipinski definition) is 4. The minimum absolute atomic E-state index is 0.177. The Kier molecular flexibility index (Phi) is 4.85. The monoisotopic (exact) mass is 330 g/mol. The van der Waals surface area contributed by atoms with Crippen LogP contribution >= 0.6 is 0 Å². The molecule has 2 aromatic heterocycles. The van der Waals surface area contributed by atoms with Crippen LogP contribution in [0.25, 0.3) is 5.65 Å². The molecule has 0 bridgehead atoms. The molecule has 2 aromatic rings. The highest BCUT2D eigenvalue weighted by molar-refractivity contribution is 5.76. The molecule has 1 saturated heterocycles. The number of rotatable bonds is 4. The van der Waals surface area contributed by atoms with E-state index in [1.807, 2.05) is 29.3 Å². The molecule has 0 saturated carbocycles. The van der Waals surface area contributed by atoms with Gasteiger partial charge in [0.05, 0.1) is 18.4 Å². The van der Waals surface area contributed by atoms with E-state index in [1.165, 1.54) is 0 Å². The van der Waals surface area contributed by atoms with E-state index in [4.69, 9.17) is 4.74 Å². The topological polar surface area (TPSA) is 59.7 Å². The highest BCUT2D eigenvalue weighted by Gasteiger charge is 2.23. The van der Waals surface area contributed by atoms with Crippen LogP contribution in [0.5, 0.6) is 0 Å². The zero-order chi connectivity index (χ0) is 17.3. The van der Waals surface area contributed by atoms with Crippen LogP contribution in [0, 0.1) is 20.8 Å². The number of nitrogens with zero attached hydrogens (tertiary/aromatic N) is 4. The summed E-state index contributed by atoms with van der Waals surface area (Å²) in [6, 6.07) is 1.98. The van der Waals surface area contributed by atoms with Crippen molar-refractivity contribution >= 4 is 11.6 Å². The van der Waals surface area contributed by atoms with Crippen LogP contribution in [0.2, 0.25) is 0 Å². The second-order valence-electron chi connectivity index (χ2n) is 6.56. The molecule has 1 aliphatic rings. The lowest BCUT2D eigenvalue weighted by molar-refractivity contribution is -0.138. The smallest absolute Gasteiger partial charge is 0.223 e. The molecule has 0 aromatic carbocycles. The molecule has 6 heteroatoms. The van der Waals surface area contributed by atoms with E-state index >= 15 is 0 Å². The molecule has 1 unspecified atom stereocenters. The quantitative estimate of drug-likeness (QED) is 0.862. The van der Waals surface area contributed by atoms with Crippen LogP contribution in [0.3, 0.4) is 0 Å². The van der Waals surface area contributed by atoms with E-state index < -0.39 is 0 Å². The lowest BCUT2D eigenvalue weighted by Crippen LogP contribution is -2.45. The van der Waals surface area contributed by atoms with Crippen LogP contribution in [-0.4, -0.2) is 51.2 Å². The van der Waals surface area contributed by atoms with Crippen LogP contribution in [0.4, 0.5) is 0 Å². The summed E-state index contributed by atoms with van der Waals surface area (Å²) in [5, 5.41) is 4.49. The van der Waals surface area contributed by atoms with Gasteiger partial charge in [-0.1, -0.05) is 6.92 Å². The van der Waals surface area contributed by atoms with Gasteiger partial charge in [0.15, 0.2) is 5.65 Å². The molecular formula is C18H26N4O2. The second kappa shape index (κ2) is 6.89. The molecule has 24 heavy (non-hydrogen) atoms. The molecule has 6 nitrogen and oxygen atoms in total. The van der Waals surface area contributed by atoms with E-state index in [0.29, 0.717) is 32.5 Å². The first-order valence-electron chi connectivity index (χ1n) is 8.71. The van der Waals surface area contributed by atoms with E-state index in [-0.39, 0.29) is 12.0 Å². The van der Waals surface area contributed by atoms with E-state index in [1.54, 1.807) is 0 Å². The SMILES string of the molecule is CCC1CN(C(=O)CCc2c(C)nc3cc(C)nn3c2C)CCO1. The van der Waals surface area contributed by atoms with Crippen LogP contribution < -0.4 is 0 Å². The van der Waals surface area contributed by atoms with Crippen molar-refractivity contribution in [1.82, 2.24) is 19.5 Å². The maximum atomic E-state index is 12.6. The maximum absolute atomic E-state index is 12.6. The zero-order valence-electron chi connectivity index (χ0n) is 15.0. The first kappa shape index (κ1) is 16.9. The third-order valence-electron chi connectivity index (χ3n) is 4.82.